The van der Waals surface area contributed by atoms with Crippen molar-refractivity contribution in [1.29, 1.82) is 0 Å². The molecule has 0 bridgehead atoms. The van der Waals surface area contributed by atoms with Gasteiger partial charge in [0.1, 0.15) is 0 Å². The summed E-state index contributed by atoms with van der Waals surface area (Å²) in [5.74, 6) is 0.425. The fraction of sp³-hybridized carbons (Fsp3) is 1.00. The predicted molar refractivity (Wildman–Crippen MR) is 51.1 cm³/mol. The lowest BCUT2D eigenvalue weighted by molar-refractivity contribution is 0.373. The van der Waals surface area contributed by atoms with Gasteiger partial charge in [-0.3, -0.25) is 9.13 Å². The standard InChI is InChI=1S/C4H12O6P2S/c5-11(6,7)1-3-13-4-2-12(8,9)10/h1-4H2,(H2,5,6,7)(H2,8,9,10). The molecule has 0 unspecified atom stereocenters. The van der Waals surface area contributed by atoms with Crippen LogP contribution in [-0.2, 0) is 9.13 Å². The molecule has 13 heavy (non-hydrogen) atoms. The monoisotopic (exact) mass is 250 g/mol. The summed E-state index contributed by atoms with van der Waals surface area (Å²) in [5.41, 5.74) is 0. The number of hydrogen-bond acceptors (Lipinski definition) is 3. The normalized spacial score (nSPS) is 13.2. The molecule has 0 aliphatic heterocycles. The van der Waals surface area contributed by atoms with Crippen molar-refractivity contribution in [1.82, 2.24) is 0 Å². The van der Waals surface area contributed by atoms with Crippen LogP contribution in [0.5, 0.6) is 0 Å². The molecule has 4 N–H and O–H groups in total. The van der Waals surface area contributed by atoms with Gasteiger partial charge in [0, 0.05) is 11.5 Å². The smallest absolute Gasteiger partial charge is 0.324 e. The minimum absolute atomic E-state index is 0.213. The van der Waals surface area contributed by atoms with E-state index in [-0.39, 0.29) is 23.8 Å². The van der Waals surface area contributed by atoms with E-state index in [0.717, 1.165) is 11.8 Å². The zero-order chi connectivity index (χ0) is 10.5. The van der Waals surface area contributed by atoms with E-state index in [2.05, 4.69) is 0 Å². The Hall–Kier alpha value is 0.650. The summed E-state index contributed by atoms with van der Waals surface area (Å²) in [6, 6.07) is 0. The van der Waals surface area contributed by atoms with Gasteiger partial charge >= 0.3 is 15.2 Å². The van der Waals surface area contributed by atoms with Crippen LogP contribution in [0.15, 0.2) is 0 Å². The van der Waals surface area contributed by atoms with Gasteiger partial charge in [-0.25, -0.2) is 0 Å². The van der Waals surface area contributed by atoms with Crippen LogP contribution >= 0.6 is 27.0 Å². The van der Waals surface area contributed by atoms with Gasteiger partial charge in [-0.15, -0.1) is 0 Å². The van der Waals surface area contributed by atoms with Crippen LogP contribution in [0.2, 0.25) is 0 Å². The Morgan fingerprint density at radius 3 is 1.38 bits per heavy atom. The molecule has 0 aliphatic rings. The summed E-state index contributed by atoms with van der Waals surface area (Å²) in [4.78, 5) is 33.7. The summed E-state index contributed by atoms with van der Waals surface area (Å²) in [7, 11) is -7.92. The lowest BCUT2D eigenvalue weighted by atomic mass is 10.9. The van der Waals surface area contributed by atoms with Crippen LogP contribution in [0.1, 0.15) is 0 Å². The molecule has 80 valence electrons. The fourth-order valence-corrected chi connectivity index (χ4v) is 3.61. The van der Waals surface area contributed by atoms with Crippen molar-refractivity contribution in [2.45, 2.75) is 0 Å². The zero-order valence-electron chi connectivity index (χ0n) is 6.74. The molecule has 6 nitrogen and oxygen atoms in total. The molecule has 0 heterocycles. The van der Waals surface area contributed by atoms with Crippen molar-refractivity contribution in [3.63, 3.8) is 0 Å². The first-order valence-corrected chi connectivity index (χ1v) is 8.12. The average Bonchev–Trinajstić information content (AvgIpc) is 1.81. The van der Waals surface area contributed by atoms with Crippen molar-refractivity contribution >= 4 is 27.0 Å². The second kappa shape index (κ2) is 5.51. The second-order valence-corrected chi connectivity index (χ2v) is 7.17. The zero-order valence-corrected chi connectivity index (χ0v) is 9.34. The fourth-order valence-electron chi connectivity index (χ4n) is 0.469. The molecule has 0 aromatic carbocycles. The lowest BCUT2D eigenvalue weighted by Gasteiger charge is -2.04. The average molecular weight is 250 g/mol. The summed E-state index contributed by atoms with van der Waals surface area (Å²) < 4.78 is 20.6. The molecule has 0 aromatic heterocycles. The van der Waals surface area contributed by atoms with Gasteiger partial charge in [0.05, 0.1) is 12.3 Å². The molecule has 0 amide bonds. The highest BCUT2D eigenvalue weighted by atomic mass is 32.2. The Labute approximate surface area is 80.1 Å². The molecule has 0 aromatic rings. The van der Waals surface area contributed by atoms with E-state index in [9.17, 15) is 9.13 Å². The number of thioether (sulfide) groups is 1. The molecule has 0 saturated carbocycles. The van der Waals surface area contributed by atoms with Crippen LogP contribution in [0.25, 0.3) is 0 Å². The minimum Gasteiger partial charge on any atom is -0.324 e. The first-order valence-electron chi connectivity index (χ1n) is 3.37. The van der Waals surface area contributed by atoms with E-state index in [1.54, 1.807) is 0 Å². The van der Waals surface area contributed by atoms with Crippen molar-refractivity contribution in [3.8, 4) is 0 Å². The Balaban J connectivity index is 3.39. The van der Waals surface area contributed by atoms with Gasteiger partial charge in [0.15, 0.2) is 0 Å². The van der Waals surface area contributed by atoms with E-state index in [4.69, 9.17) is 19.6 Å². The highest BCUT2D eigenvalue weighted by molar-refractivity contribution is 7.99. The van der Waals surface area contributed by atoms with Crippen LogP contribution in [0, 0.1) is 0 Å². The van der Waals surface area contributed by atoms with Gasteiger partial charge in [0.25, 0.3) is 0 Å². The second-order valence-electron chi connectivity index (χ2n) is 2.39. The van der Waals surface area contributed by atoms with Gasteiger partial charge in [-0.1, -0.05) is 0 Å². The first kappa shape index (κ1) is 13.7. The molecule has 0 atom stereocenters. The van der Waals surface area contributed by atoms with E-state index in [1.165, 1.54) is 0 Å². The Kier molecular flexibility index (Phi) is 5.79. The summed E-state index contributed by atoms with van der Waals surface area (Å²) in [6.45, 7) is 0. The molecule has 0 fully saturated rings. The topological polar surface area (TPSA) is 115 Å². The Morgan fingerprint density at radius 2 is 1.15 bits per heavy atom. The maximum Gasteiger partial charge on any atom is 0.326 e. The summed E-state index contributed by atoms with van der Waals surface area (Å²) in [6.07, 6.45) is -0.502. The quantitative estimate of drug-likeness (QED) is 0.389. The van der Waals surface area contributed by atoms with Crippen LogP contribution in [0.4, 0.5) is 0 Å². The van der Waals surface area contributed by atoms with Crippen molar-refractivity contribution in [3.05, 3.63) is 0 Å². The molecular weight excluding hydrogens is 238 g/mol. The summed E-state index contributed by atoms with van der Waals surface area (Å²) >= 11 is 1.12. The van der Waals surface area contributed by atoms with Crippen molar-refractivity contribution in [2.75, 3.05) is 23.8 Å². The van der Waals surface area contributed by atoms with Gasteiger partial charge in [0.2, 0.25) is 0 Å². The first-order chi connectivity index (χ1) is 5.71. The van der Waals surface area contributed by atoms with E-state index < -0.39 is 15.2 Å². The minimum atomic E-state index is -3.96. The maximum atomic E-state index is 10.3. The van der Waals surface area contributed by atoms with Crippen LogP contribution in [0.3, 0.4) is 0 Å². The number of hydrogen-bond donors (Lipinski definition) is 4. The Morgan fingerprint density at radius 1 is 0.846 bits per heavy atom. The largest absolute Gasteiger partial charge is 0.326 e. The van der Waals surface area contributed by atoms with Gasteiger partial charge in [-0.05, 0) is 0 Å². The van der Waals surface area contributed by atoms with Crippen molar-refractivity contribution in [2.24, 2.45) is 0 Å². The molecule has 9 heteroatoms. The van der Waals surface area contributed by atoms with E-state index in [0.29, 0.717) is 0 Å². The third-order valence-electron chi connectivity index (χ3n) is 1.05. The van der Waals surface area contributed by atoms with Gasteiger partial charge in [-0.2, -0.15) is 11.8 Å². The Bertz CT molecular complexity index is 207. The third kappa shape index (κ3) is 12.6. The van der Waals surface area contributed by atoms with Crippen molar-refractivity contribution < 1.29 is 28.7 Å². The maximum absolute atomic E-state index is 10.3. The molecule has 0 rings (SSSR count). The highest BCUT2D eigenvalue weighted by Crippen LogP contribution is 2.37. The van der Waals surface area contributed by atoms with Crippen LogP contribution < -0.4 is 0 Å². The van der Waals surface area contributed by atoms with Crippen LogP contribution in [-0.4, -0.2) is 43.4 Å². The molecule has 0 spiro atoms. The van der Waals surface area contributed by atoms with E-state index >= 15 is 0 Å². The molecule has 0 saturated heterocycles. The SMILES string of the molecule is O=P(O)(O)CCSCCP(=O)(O)O. The molecule has 0 radical (unpaired) electrons. The highest BCUT2D eigenvalue weighted by Gasteiger charge is 2.14. The summed E-state index contributed by atoms with van der Waals surface area (Å²) in [5, 5.41) is 0. The van der Waals surface area contributed by atoms with E-state index in [1.807, 2.05) is 0 Å². The lowest BCUT2D eigenvalue weighted by Crippen LogP contribution is -1.96. The number of rotatable bonds is 6. The molecular formula is C4H12O6P2S. The van der Waals surface area contributed by atoms with Gasteiger partial charge < -0.3 is 19.6 Å². The molecule has 0 aliphatic carbocycles. The predicted octanol–water partition coefficient (Wildman–Crippen LogP) is 0.0750. The third-order valence-corrected chi connectivity index (χ3v) is 4.26.